The molecular weight excluding hydrogens is 395 g/mol. The lowest BCUT2D eigenvalue weighted by Gasteiger charge is -2.18. The van der Waals surface area contributed by atoms with Gasteiger partial charge in [0.2, 0.25) is 5.91 Å². The number of nitrogens with two attached hydrogens (primary N) is 1. The highest BCUT2D eigenvalue weighted by Gasteiger charge is 2.25. The number of ether oxygens (including phenoxy) is 1. The molecule has 142 valence electrons. The predicted octanol–water partition coefficient (Wildman–Crippen LogP) is 0.169. The Kier molecular flexibility index (Phi) is 12.8. The highest BCUT2D eigenvalue weighted by atomic mass is 35.5. The number of nitrogens with zero attached hydrogens (tertiary/aromatic N) is 2. The summed E-state index contributed by atoms with van der Waals surface area (Å²) < 4.78 is 4.70. The minimum Gasteiger partial charge on any atom is -0.467 e. The van der Waals surface area contributed by atoms with E-state index in [0.29, 0.717) is 12.1 Å². The predicted molar refractivity (Wildman–Crippen MR) is 98.2 cm³/mol. The van der Waals surface area contributed by atoms with E-state index in [4.69, 9.17) is 10.5 Å². The molecule has 12 heteroatoms. The van der Waals surface area contributed by atoms with E-state index in [1.54, 1.807) is 12.4 Å². The van der Waals surface area contributed by atoms with Crippen molar-refractivity contribution < 1.29 is 14.3 Å². The Balaban J connectivity index is 0. The number of amides is 1. The summed E-state index contributed by atoms with van der Waals surface area (Å²) in [7, 11) is 1.26. The molecule has 0 spiro atoms. The van der Waals surface area contributed by atoms with Crippen molar-refractivity contribution in [1.82, 2.24) is 25.3 Å². The zero-order valence-electron chi connectivity index (χ0n) is 13.3. The number of rotatable bonds is 7. The first-order chi connectivity index (χ1) is 10.6. The number of hydrogen-bond acceptors (Lipinski definition) is 6. The Morgan fingerprint density at radius 3 is 2.08 bits per heavy atom. The molecule has 1 amide bonds. The fourth-order valence-electron chi connectivity index (χ4n) is 1.96. The zero-order valence-corrected chi connectivity index (χ0v) is 15.7. The molecule has 0 unspecified atom stereocenters. The van der Waals surface area contributed by atoms with E-state index in [2.05, 4.69) is 25.3 Å². The van der Waals surface area contributed by atoms with Crippen LogP contribution in [-0.4, -0.2) is 51.0 Å². The summed E-state index contributed by atoms with van der Waals surface area (Å²) in [6.07, 6.45) is 6.71. The second-order valence-corrected chi connectivity index (χ2v) is 4.75. The molecule has 0 fully saturated rings. The van der Waals surface area contributed by atoms with Gasteiger partial charge in [-0.05, 0) is 0 Å². The lowest BCUT2D eigenvalue weighted by atomic mass is 10.1. The maximum absolute atomic E-state index is 12.1. The van der Waals surface area contributed by atoms with E-state index >= 15 is 0 Å². The highest BCUT2D eigenvalue weighted by Crippen LogP contribution is 2.02. The monoisotopic (exact) mass is 414 g/mol. The summed E-state index contributed by atoms with van der Waals surface area (Å²) >= 11 is 0. The molecular formula is C13H21Cl3N6O3. The quantitative estimate of drug-likeness (QED) is 0.475. The lowest BCUT2D eigenvalue weighted by molar-refractivity contribution is -0.145. The molecule has 9 nitrogen and oxygen atoms in total. The zero-order chi connectivity index (χ0) is 15.9. The molecule has 2 aromatic heterocycles. The number of carbonyl (C=O) groups excluding carboxylic acids is 2. The van der Waals surface area contributed by atoms with Crippen molar-refractivity contribution in [2.24, 2.45) is 5.73 Å². The third kappa shape index (κ3) is 7.74. The van der Waals surface area contributed by atoms with Crippen molar-refractivity contribution in [3.8, 4) is 0 Å². The van der Waals surface area contributed by atoms with Crippen LogP contribution in [0.1, 0.15) is 11.4 Å². The Morgan fingerprint density at radius 1 is 1.12 bits per heavy atom. The lowest BCUT2D eigenvalue weighted by Crippen LogP contribution is -2.50. The number of halogens is 3. The van der Waals surface area contributed by atoms with Crippen LogP contribution in [0.15, 0.2) is 25.0 Å². The summed E-state index contributed by atoms with van der Waals surface area (Å²) in [5.74, 6) is -0.985. The van der Waals surface area contributed by atoms with E-state index in [1.165, 1.54) is 19.8 Å². The van der Waals surface area contributed by atoms with Crippen LogP contribution in [-0.2, 0) is 27.2 Å². The molecule has 0 radical (unpaired) electrons. The summed E-state index contributed by atoms with van der Waals surface area (Å²) in [5, 5.41) is 2.60. The third-order valence-electron chi connectivity index (χ3n) is 3.11. The van der Waals surface area contributed by atoms with Gasteiger partial charge in [-0.2, -0.15) is 0 Å². The summed E-state index contributed by atoms with van der Waals surface area (Å²) in [5.41, 5.74) is 7.29. The maximum atomic E-state index is 12.1. The fourth-order valence-corrected chi connectivity index (χ4v) is 1.96. The van der Waals surface area contributed by atoms with Crippen LogP contribution < -0.4 is 11.1 Å². The van der Waals surface area contributed by atoms with E-state index in [-0.39, 0.29) is 43.6 Å². The van der Waals surface area contributed by atoms with E-state index in [0.717, 1.165) is 5.69 Å². The number of nitrogens with one attached hydrogen (secondary N) is 3. The van der Waals surface area contributed by atoms with Crippen LogP contribution in [0.5, 0.6) is 0 Å². The fraction of sp³-hybridized carbons (Fsp3) is 0.385. The first-order valence-electron chi connectivity index (χ1n) is 6.68. The van der Waals surface area contributed by atoms with Crippen molar-refractivity contribution in [3.63, 3.8) is 0 Å². The molecule has 0 aromatic carbocycles. The summed E-state index contributed by atoms with van der Waals surface area (Å²) in [4.78, 5) is 37.4. The number of methoxy groups -OCH3 is 1. The molecule has 0 aliphatic rings. The number of aromatic nitrogens is 4. The van der Waals surface area contributed by atoms with Crippen LogP contribution >= 0.6 is 37.2 Å². The van der Waals surface area contributed by atoms with Gasteiger partial charge in [0, 0.05) is 36.6 Å². The van der Waals surface area contributed by atoms with Crippen molar-refractivity contribution in [3.05, 3.63) is 36.4 Å². The van der Waals surface area contributed by atoms with Gasteiger partial charge in [0.1, 0.15) is 6.04 Å². The average Bonchev–Trinajstić information content (AvgIpc) is 3.19. The first-order valence-corrected chi connectivity index (χ1v) is 6.68. The average molecular weight is 416 g/mol. The molecule has 2 aromatic rings. The number of hydrogen-bond donors (Lipinski definition) is 4. The molecule has 0 saturated carbocycles. The molecule has 0 aliphatic carbocycles. The SMILES string of the molecule is COC(=O)[C@H](Cc1cnc[nH]1)NC(=O)[C@@H](N)Cc1cnc[nH]1.Cl.Cl.Cl. The molecule has 0 bridgehead atoms. The number of H-pyrrole nitrogens is 2. The number of esters is 1. The van der Waals surface area contributed by atoms with E-state index in [9.17, 15) is 9.59 Å². The topological polar surface area (TPSA) is 139 Å². The van der Waals surface area contributed by atoms with Gasteiger partial charge in [-0.25, -0.2) is 14.8 Å². The second kappa shape index (κ2) is 12.5. The maximum Gasteiger partial charge on any atom is 0.328 e. The van der Waals surface area contributed by atoms with Gasteiger partial charge >= 0.3 is 5.97 Å². The third-order valence-corrected chi connectivity index (χ3v) is 3.11. The molecule has 2 heterocycles. The molecule has 2 atom stereocenters. The Morgan fingerprint density at radius 2 is 1.64 bits per heavy atom. The first kappa shape index (κ1) is 25.4. The van der Waals surface area contributed by atoms with Crippen LogP contribution in [0.25, 0.3) is 0 Å². The standard InChI is InChI=1S/C13H18N6O3.3ClH/c1-22-13(21)11(3-9-5-16-7-18-9)19-12(20)10(14)2-8-4-15-6-17-8;;;/h4-7,10-11H,2-3,14H2,1H3,(H,15,17)(H,16,18)(H,19,20);3*1H/t10-,11-;;;/m0.../s1. The number of imidazole rings is 2. The minimum atomic E-state index is -0.828. The summed E-state index contributed by atoms with van der Waals surface area (Å²) in [6, 6.07) is -1.62. The molecule has 2 rings (SSSR count). The van der Waals surface area contributed by atoms with Gasteiger partial charge in [0.15, 0.2) is 0 Å². The molecule has 25 heavy (non-hydrogen) atoms. The minimum absolute atomic E-state index is 0. The number of carbonyl (C=O) groups is 2. The van der Waals surface area contributed by atoms with E-state index in [1.807, 2.05) is 0 Å². The molecule has 0 saturated heterocycles. The molecule has 0 aliphatic heterocycles. The van der Waals surface area contributed by atoms with E-state index < -0.39 is 24.0 Å². The van der Waals surface area contributed by atoms with Gasteiger partial charge in [0.05, 0.1) is 25.8 Å². The van der Waals surface area contributed by atoms with Crippen LogP contribution in [0.4, 0.5) is 0 Å². The van der Waals surface area contributed by atoms with Gasteiger partial charge in [0.25, 0.3) is 0 Å². The van der Waals surface area contributed by atoms with Crippen molar-refractivity contribution in [2.75, 3.05) is 7.11 Å². The summed E-state index contributed by atoms with van der Waals surface area (Å²) in [6.45, 7) is 0. The highest BCUT2D eigenvalue weighted by molar-refractivity contribution is 5.87. The second-order valence-electron chi connectivity index (χ2n) is 4.75. The smallest absolute Gasteiger partial charge is 0.328 e. The number of aromatic amines is 2. The molecule has 5 N–H and O–H groups in total. The van der Waals surface area contributed by atoms with Crippen molar-refractivity contribution >= 4 is 49.1 Å². The Bertz CT molecular complexity index is 609. The van der Waals surface area contributed by atoms with Gasteiger partial charge in [-0.3, -0.25) is 4.79 Å². The van der Waals surface area contributed by atoms with Gasteiger partial charge in [-0.15, -0.1) is 37.2 Å². The van der Waals surface area contributed by atoms with Crippen LogP contribution in [0.3, 0.4) is 0 Å². The Hall–Kier alpha value is -1.81. The van der Waals surface area contributed by atoms with Gasteiger partial charge < -0.3 is 25.8 Å². The normalized spacial score (nSPS) is 11.8. The van der Waals surface area contributed by atoms with Crippen molar-refractivity contribution in [1.29, 1.82) is 0 Å². The largest absolute Gasteiger partial charge is 0.467 e. The van der Waals surface area contributed by atoms with Crippen LogP contribution in [0.2, 0.25) is 0 Å². The van der Waals surface area contributed by atoms with Crippen LogP contribution in [0, 0.1) is 0 Å². The van der Waals surface area contributed by atoms with Gasteiger partial charge in [-0.1, -0.05) is 0 Å². The Labute approximate surface area is 163 Å². The van der Waals surface area contributed by atoms with Crippen molar-refractivity contribution in [2.45, 2.75) is 24.9 Å².